The average Bonchev–Trinajstić information content (AvgIpc) is 3.34. The van der Waals surface area contributed by atoms with Gasteiger partial charge in [-0.1, -0.05) is 58.4 Å². The molecule has 2 aromatic rings. The lowest BCUT2D eigenvalue weighted by molar-refractivity contribution is -0.122. The van der Waals surface area contributed by atoms with Gasteiger partial charge in [-0.25, -0.2) is 5.43 Å². The first-order chi connectivity index (χ1) is 10.6. The summed E-state index contributed by atoms with van der Waals surface area (Å²) >= 11 is 3.44. The minimum Gasteiger partial charge on any atom is -0.273 e. The first-order valence-corrected chi connectivity index (χ1v) is 8.09. The Morgan fingerprint density at radius 2 is 1.95 bits per heavy atom. The number of hydrogen-bond donors (Lipinski definition) is 1. The SMILES string of the molecule is C/C(=N/NC(=O)[C@@H]1C[C@@H]1c1ccccc1)c1cccc(Br)c1. The summed E-state index contributed by atoms with van der Waals surface area (Å²) in [5.41, 5.74) is 5.72. The van der Waals surface area contributed by atoms with E-state index in [1.165, 1.54) is 5.56 Å². The molecule has 1 N–H and O–H groups in total. The van der Waals surface area contributed by atoms with Gasteiger partial charge in [-0.2, -0.15) is 5.10 Å². The molecular weight excluding hydrogens is 340 g/mol. The van der Waals surface area contributed by atoms with Crippen molar-refractivity contribution < 1.29 is 4.79 Å². The third-order valence-corrected chi connectivity index (χ3v) is 4.42. The van der Waals surface area contributed by atoms with Gasteiger partial charge in [-0.05, 0) is 42.5 Å². The standard InChI is InChI=1S/C18H17BrN2O/c1-12(14-8-5-9-15(19)10-14)20-21-18(22)17-11-16(17)13-6-3-2-4-7-13/h2-10,16-17H,11H2,1H3,(H,21,22)/b20-12-/t16-,17-/m1/s1. The summed E-state index contributed by atoms with van der Waals surface area (Å²) in [4.78, 5) is 12.2. The van der Waals surface area contributed by atoms with Gasteiger partial charge in [0.1, 0.15) is 0 Å². The van der Waals surface area contributed by atoms with Crippen LogP contribution in [0, 0.1) is 5.92 Å². The lowest BCUT2D eigenvalue weighted by atomic mass is 10.1. The largest absolute Gasteiger partial charge is 0.273 e. The summed E-state index contributed by atoms with van der Waals surface area (Å²) in [5, 5.41) is 4.22. The lowest BCUT2D eigenvalue weighted by Gasteiger charge is -2.03. The molecule has 0 aromatic heterocycles. The molecule has 0 saturated heterocycles. The first kappa shape index (κ1) is 15.0. The molecule has 112 valence electrons. The van der Waals surface area contributed by atoms with E-state index in [2.05, 4.69) is 38.6 Å². The highest BCUT2D eigenvalue weighted by molar-refractivity contribution is 9.10. The lowest BCUT2D eigenvalue weighted by Crippen LogP contribution is -2.21. The van der Waals surface area contributed by atoms with Crippen molar-refractivity contribution in [3.05, 3.63) is 70.2 Å². The van der Waals surface area contributed by atoms with Crippen molar-refractivity contribution in [3.8, 4) is 0 Å². The molecule has 0 spiro atoms. The molecule has 1 amide bonds. The molecule has 0 aliphatic heterocycles. The van der Waals surface area contributed by atoms with Crippen LogP contribution < -0.4 is 5.43 Å². The average molecular weight is 357 g/mol. The second-order valence-corrected chi connectivity index (χ2v) is 6.46. The highest BCUT2D eigenvalue weighted by atomic mass is 79.9. The minimum absolute atomic E-state index is 0.00296. The number of rotatable bonds is 4. The molecule has 1 aliphatic carbocycles. The van der Waals surface area contributed by atoms with Crippen LogP contribution in [0.4, 0.5) is 0 Å². The third-order valence-electron chi connectivity index (χ3n) is 3.93. The van der Waals surface area contributed by atoms with E-state index in [0.29, 0.717) is 5.92 Å². The molecule has 4 heteroatoms. The van der Waals surface area contributed by atoms with Gasteiger partial charge in [0.05, 0.1) is 5.71 Å². The monoisotopic (exact) mass is 356 g/mol. The number of carbonyl (C=O) groups excluding carboxylic acids is 1. The van der Waals surface area contributed by atoms with E-state index < -0.39 is 0 Å². The Labute approximate surface area is 138 Å². The third kappa shape index (κ3) is 3.45. The summed E-state index contributed by atoms with van der Waals surface area (Å²) in [6.07, 6.45) is 0.904. The van der Waals surface area contributed by atoms with Gasteiger partial charge in [0.15, 0.2) is 0 Å². The van der Waals surface area contributed by atoms with Crippen molar-refractivity contribution in [1.82, 2.24) is 5.43 Å². The topological polar surface area (TPSA) is 41.5 Å². The summed E-state index contributed by atoms with van der Waals surface area (Å²) in [5.74, 6) is 0.382. The van der Waals surface area contributed by atoms with Crippen LogP contribution in [0.1, 0.15) is 30.4 Å². The van der Waals surface area contributed by atoms with E-state index in [-0.39, 0.29) is 11.8 Å². The number of nitrogens with zero attached hydrogens (tertiary/aromatic N) is 1. The maximum Gasteiger partial charge on any atom is 0.243 e. The summed E-state index contributed by atoms with van der Waals surface area (Å²) < 4.78 is 0.997. The van der Waals surface area contributed by atoms with Crippen molar-refractivity contribution >= 4 is 27.5 Å². The molecule has 2 atom stereocenters. The van der Waals surface area contributed by atoms with E-state index >= 15 is 0 Å². The van der Waals surface area contributed by atoms with Gasteiger partial charge >= 0.3 is 0 Å². The van der Waals surface area contributed by atoms with Crippen molar-refractivity contribution in [2.24, 2.45) is 11.0 Å². The fraction of sp³-hybridized carbons (Fsp3) is 0.222. The number of nitrogens with one attached hydrogen (secondary N) is 1. The maximum atomic E-state index is 12.2. The van der Waals surface area contributed by atoms with Crippen molar-refractivity contribution in [2.45, 2.75) is 19.3 Å². The van der Waals surface area contributed by atoms with Gasteiger partial charge in [0.25, 0.3) is 0 Å². The molecular formula is C18H17BrN2O. The van der Waals surface area contributed by atoms with Gasteiger partial charge in [-0.15, -0.1) is 0 Å². The number of benzene rings is 2. The summed E-state index contributed by atoms with van der Waals surface area (Å²) in [6, 6.07) is 18.0. The zero-order chi connectivity index (χ0) is 15.5. The van der Waals surface area contributed by atoms with Crippen LogP contribution in [-0.2, 0) is 4.79 Å². The maximum absolute atomic E-state index is 12.2. The van der Waals surface area contributed by atoms with Crippen molar-refractivity contribution in [1.29, 1.82) is 0 Å². The van der Waals surface area contributed by atoms with Crippen LogP contribution in [0.2, 0.25) is 0 Å². The Morgan fingerprint density at radius 3 is 2.68 bits per heavy atom. The molecule has 1 aliphatic rings. The Kier molecular flexibility index (Phi) is 4.39. The minimum atomic E-state index is 0.00296. The molecule has 22 heavy (non-hydrogen) atoms. The highest BCUT2D eigenvalue weighted by Gasteiger charge is 2.43. The number of amides is 1. The molecule has 1 fully saturated rings. The predicted molar refractivity (Wildman–Crippen MR) is 91.8 cm³/mol. The van der Waals surface area contributed by atoms with Crippen LogP contribution in [-0.4, -0.2) is 11.6 Å². The van der Waals surface area contributed by atoms with Crippen LogP contribution in [0.15, 0.2) is 64.2 Å². The van der Waals surface area contributed by atoms with E-state index in [4.69, 9.17) is 0 Å². The fourth-order valence-electron chi connectivity index (χ4n) is 2.55. The molecule has 0 bridgehead atoms. The van der Waals surface area contributed by atoms with E-state index in [0.717, 1.165) is 22.2 Å². The Morgan fingerprint density at radius 1 is 1.18 bits per heavy atom. The summed E-state index contributed by atoms with van der Waals surface area (Å²) in [6.45, 7) is 1.89. The van der Waals surface area contributed by atoms with Crippen LogP contribution in [0.3, 0.4) is 0 Å². The quantitative estimate of drug-likeness (QED) is 0.650. The smallest absolute Gasteiger partial charge is 0.243 e. The zero-order valence-electron chi connectivity index (χ0n) is 12.3. The van der Waals surface area contributed by atoms with Crippen LogP contribution in [0.25, 0.3) is 0 Å². The first-order valence-electron chi connectivity index (χ1n) is 7.30. The normalized spacial score (nSPS) is 20.5. The van der Waals surface area contributed by atoms with E-state index in [9.17, 15) is 4.79 Å². The Hall–Kier alpha value is -1.94. The zero-order valence-corrected chi connectivity index (χ0v) is 13.9. The van der Waals surface area contributed by atoms with Gasteiger partial charge in [0, 0.05) is 10.4 Å². The fourth-order valence-corrected chi connectivity index (χ4v) is 2.95. The highest BCUT2D eigenvalue weighted by Crippen LogP contribution is 2.47. The Balaban J connectivity index is 1.60. The molecule has 2 aromatic carbocycles. The number of halogens is 1. The van der Waals surface area contributed by atoms with Gasteiger partial charge in [0.2, 0.25) is 5.91 Å². The van der Waals surface area contributed by atoms with Crippen LogP contribution >= 0.6 is 15.9 Å². The molecule has 0 unspecified atom stereocenters. The predicted octanol–water partition coefficient (Wildman–Crippen LogP) is 4.09. The molecule has 0 radical (unpaired) electrons. The van der Waals surface area contributed by atoms with Gasteiger partial charge in [-0.3, -0.25) is 4.79 Å². The van der Waals surface area contributed by atoms with Gasteiger partial charge < -0.3 is 0 Å². The number of carbonyl (C=O) groups is 1. The van der Waals surface area contributed by atoms with E-state index in [1.807, 2.05) is 49.4 Å². The van der Waals surface area contributed by atoms with Crippen molar-refractivity contribution in [3.63, 3.8) is 0 Å². The number of hydrazone groups is 1. The Bertz CT molecular complexity index is 712. The second kappa shape index (κ2) is 6.44. The molecule has 3 rings (SSSR count). The number of hydrogen-bond acceptors (Lipinski definition) is 2. The summed E-state index contributed by atoms with van der Waals surface area (Å²) in [7, 11) is 0. The molecule has 1 saturated carbocycles. The molecule has 3 nitrogen and oxygen atoms in total. The van der Waals surface area contributed by atoms with Crippen LogP contribution in [0.5, 0.6) is 0 Å². The van der Waals surface area contributed by atoms with Crippen molar-refractivity contribution in [2.75, 3.05) is 0 Å². The molecule has 0 heterocycles. The van der Waals surface area contributed by atoms with E-state index in [1.54, 1.807) is 0 Å². The second-order valence-electron chi connectivity index (χ2n) is 5.54.